The highest BCUT2D eigenvalue weighted by atomic mass is 32.2. The van der Waals surface area contributed by atoms with E-state index in [0.29, 0.717) is 12.8 Å². The smallest absolute Gasteiger partial charge is 0.299 e. The van der Waals surface area contributed by atoms with Crippen LogP contribution in [0.4, 0.5) is 13.2 Å². The first-order valence-corrected chi connectivity index (χ1v) is 8.73. The summed E-state index contributed by atoms with van der Waals surface area (Å²) < 4.78 is 60.6. The molecular formula is C16H14F3NO3S. The molecule has 0 radical (unpaired) electrons. The van der Waals surface area contributed by atoms with Crippen molar-refractivity contribution in [3.63, 3.8) is 0 Å². The van der Waals surface area contributed by atoms with Crippen molar-refractivity contribution in [1.29, 1.82) is 0 Å². The minimum Gasteiger partial charge on any atom is -0.299 e. The van der Waals surface area contributed by atoms with E-state index < -0.39 is 27.4 Å². The Morgan fingerprint density at radius 1 is 1.04 bits per heavy atom. The van der Waals surface area contributed by atoms with E-state index in [1.54, 1.807) is 6.07 Å². The van der Waals surface area contributed by atoms with Gasteiger partial charge in [0.05, 0.1) is 5.92 Å². The molecule has 1 aromatic rings. The third-order valence-corrected chi connectivity index (χ3v) is 5.63. The van der Waals surface area contributed by atoms with Gasteiger partial charge in [-0.2, -0.15) is 21.6 Å². The molecule has 1 heterocycles. The summed E-state index contributed by atoms with van der Waals surface area (Å²) in [7, 11) is -5.45. The summed E-state index contributed by atoms with van der Waals surface area (Å²) in [6, 6.07) is 7.43. The van der Waals surface area contributed by atoms with Crippen molar-refractivity contribution in [1.82, 2.24) is 4.31 Å². The Balaban J connectivity index is 1.89. The molecule has 0 saturated carbocycles. The summed E-state index contributed by atoms with van der Waals surface area (Å²) in [5.41, 5.74) is -3.49. The highest BCUT2D eigenvalue weighted by molar-refractivity contribution is 7.90. The fourth-order valence-corrected chi connectivity index (χ4v) is 3.76. The lowest BCUT2D eigenvalue weighted by molar-refractivity contribution is -0.121. The van der Waals surface area contributed by atoms with Crippen molar-refractivity contribution in [2.45, 2.75) is 24.3 Å². The van der Waals surface area contributed by atoms with Gasteiger partial charge in [-0.05, 0) is 17.5 Å². The van der Waals surface area contributed by atoms with Gasteiger partial charge in [-0.25, -0.2) is 4.31 Å². The molecule has 0 aromatic heterocycles. The number of hydrogen-bond donors (Lipinski definition) is 0. The van der Waals surface area contributed by atoms with Gasteiger partial charge in [0.1, 0.15) is 5.78 Å². The van der Waals surface area contributed by atoms with Crippen LogP contribution in [0.25, 0.3) is 0 Å². The fourth-order valence-electron chi connectivity index (χ4n) is 3.06. The maximum atomic E-state index is 12.6. The second-order valence-electron chi connectivity index (χ2n) is 5.68. The number of hydrogen-bond acceptors (Lipinski definition) is 3. The molecule has 1 aliphatic carbocycles. The highest BCUT2D eigenvalue weighted by Gasteiger charge is 2.49. The van der Waals surface area contributed by atoms with Crippen molar-refractivity contribution in [2.24, 2.45) is 5.92 Å². The number of alkyl halides is 3. The number of benzene rings is 1. The number of rotatable bonds is 2. The monoisotopic (exact) mass is 357 g/mol. The maximum absolute atomic E-state index is 12.6. The molecule has 128 valence electrons. The van der Waals surface area contributed by atoms with E-state index in [4.69, 9.17) is 0 Å². The molecule has 1 aromatic carbocycles. The Morgan fingerprint density at radius 3 is 2.29 bits per heavy atom. The Hall–Kier alpha value is -2.09. The summed E-state index contributed by atoms with van der Waals surface area (Å²) in [4.78, 5) is 12.3. The number of nitrogens with zero attached hydrogens (tertiary/aromatic N) is 1. The summed E-state index contributed by atoms with van der Waals surface area (Å²) in [6.45, 7) is 0. The number of sulfonamides is 1. The predicted molar refractivity (Wildman–Crippen MR) is 81.1 cm³/mol. The zero-order valence-electron chi connectivity index (χ0n) is 12.4. The van der Waals surface area contributed by atoms with E-state index in [1.807, 2.05) is 18.2 Å². The van der Waals surface area contributed by atoms with Crippen molar-refractivity contribution >= 4 is 15.8 Å². The predicted octanol–water partition coefficient (Wildman–Crippen LogP) is 3.09. The number of fused-ring (bicyclic) bond motifs is 1. The van der Waals surface area contributed by atoms with Crippen molar-refractivity contribution in [2.75, 3.05) is 0 Å². The lowest BCUT2D eigenvalue weighted by Gasteiger charge is -2.30. The number of aryl methyl sites for hydroxylation is 1. The zero-order chi connectivity index (χ0) is 17.5. The van der Waals surface area contributed by atoms with Crippen molar-refractivity contribution < 1.29 is 26.4 Å². The number of ketones is 1. The van der Waals surface area contributed by atoms with Gasteiger partial charge < -0.3 is 0 Å². The molecule has 0 bridgehead atoms. The molecule has 0 saturated heterocycles. The van der Waals surface area contributed by atoms with E-state index in [1.165, 1.54) is 12.2 Å². The summed E-state index contributed by atoms with van der Waals surface area (Å²) >= 11 is 0. The average Bonchev–Trinajstić information content (AvgIpc) is 2.54. The molecule has 0 amide bonds. The Labute approximate surface area is 137 Å². The number of halogens is 3. The van der Waals surface area contributed by atoms with Gasteiger partial charge in [-0.15, -0.1) is 0 Å². The highest BCUT2D eigenvalue weighted by Crippen LogP contribution is 2.38. The Bertz CT molecular complexity index is 813. The molecule has 1 atom stereocenters. The van der Waals surface area contributed by atoms with Crippen LogP contribution in [-0.4, -0.2) is 24.0 Å². The van der Waals surface area contributed by atoms with Crippen LogP contribution in [0.1, 0.15) is 23.5 Å². The quantitative estimate of drug-likeness (QED) is 0.817. The first-order chi connectivity index (χ1) is 11.2. The number of Topliss-reactive ketones (excluding diaryl/α,β-unsaturated/α-hetero) is 1. The minimum absolute atomic E-state index is 0.000119. The molecule has 8 heteroatoms. The normalized spacial score (nSPS) is 21.9. The summed E-state index contributed by atoms with van der Waals surface area (Å²) in [5.74, 6) is -0.975. The lowest BCUT2D eigenvalue weighted by Crippen LogP contribution is -2.36. The fraction of sp³-hybridized carbons (Fsp3) is 0.312. The Kier molecular flexibility index (Phi) is 4.03. The summed E-state index contributed by atoms with van der Waals surface area (Å²) in [6.07, 6.45) is 5.38. The van der Waals surface area contributed by atoms with Crippen molar-refractivity contribution in [3.8, 4) is 0 Å². The molecule has 2 aliphatic rings. The van der Waals surface area contributed by atoms with E-state index in [0.717, 1.165) is 23.5 Å². The van der Waals surface area contributed by atoms with Crippen LogP contribution in [0, 0.1) is 5.92 Å². The molecule has 0 spiro atoms. The molecule has 1 unspecified atom stereocenters. The van der Waals surface area contributed by atoms with Crippen LogP contribution in [0.5, 0.6) is 0 Å². The first-order valence-electron chi connectivity index (χ1n) is 7.29. The van der Waals surface area contributed by atoms with E-state index in [2.05, 4.69) is 0 Å². The SMILES string of the molecule is O=C1CCc2ccccc2C1C1C=CN(S(=O)(=O)C(F)(F)F)C=C1. The average molecular weight is 357 g/mol. The summed E-state index contributed by atoms with van der Waals surface area (Å²) in [5, 5.41) is 0. The number of allylic oxidation sites excluding steroid dienone is 2. The lowest BCUT2D eigenvalue weighted by atomic mass is 9.74. The third-order valence-electron chi connectivity index (χ3n) is 4.24. The van der Waals surface area contributed by atoms with Gasteiger partial charge in [0, 0.05) is 24.7 Å². The molecule has 0 fully saturated rings. The zero-order valence-corrected chi connectivity index (χ0v) is 13.2. The largest absolute Gasteiger partial charge is 0.517 e. The second-order valence-corrected chi connectivity index (χ2v) is 7.52. The van der Waals surface area contributed by atoms with Gasteiger partial charge in [0.25, 0.3) is 0 Å². The van der Waals surface area contributed by atoms with E-state index in [-0.39, 0.29) is 10.1 Å². The maximum Gasteiger partial charge on any atom is 0.517 e. The molecular weight excluding hydrogens is 343 g/mol. The third kappa shape index (κ3) is 2.75. The van der Waals surface area contributed by atoms with Crippen LogP contribution in [0.15, 0.2) is 48.8 Å². The van der Waals surface area contributed by atoms with Crippen LogP contribution < -0.4 is 0 Å². The van der Waals surface area contributed by atoms with Crippen molar-refractivity contribution in [3.05, 3.63) is 59.9 Å². The van der Waals surface area contributed by atoms with Gasteiger partial charge >= 0.3 is 15.5 Å². The minimum atomic E-state index is -5.45. The van der Waals surface area contributed by atoms with Crippen LogP contribution in [0.3, 0.4) is 0 Å². The van der Waals surface area contributed by atoms with Crippen LogP contribution >= 0.6 is 0 Å². The van der Waals surface area contributed by atoms with E-state index >= 15 is 0 Å². The molecule has 4 nitrogen and oxygen atoms in total. The number of carbonyl (C=O) groups excluding carboxylic acids is 1. The number of carbonyl (C=O) groups is 1. The molecule has 1 aliphatic heterocycles. The van der Waals surface area contributed by atoms with Gasteiger partial charge in [0.2, 0.25) is 0 Å². The first kappa shape index (κ1) is 16.8. The van der Waals surface area contributed by atoms with Crippen LogP contribution in [0.2, 0.25) is 0 Å². The second kappa shape index (κ2) is 5.77. The van der Waals surface area contributed by atoms with Crippen LogP contribution in [-0.2, 0) is 21.2 Å². The topological polar surface area (TPSA) is 54.5 Å². The standard InChI is InChI=1S/C16H14F3NO3S/c17-16(18,19)24(22,23)20-9-7-12(8-10-20)15-13-4-2-1-3-11(13)5-6-14(15)21/h1-4,7-10,12,15H,5-6H2. The Morgan fingerprint density at radius 2 is 1.67 bits per heavy atom. The molecule has 0 N–H and O–H groups in total. The van der Waals surface area contributed by atoms with Gasteiger partial charge in [-0.1, -0.05) is 36.4 Å². The van der Waals surface area contributed by atoms with Gasteiger partial charge in [0.15, 0.2) is 0 Å². The molecule has 24 heavy (non-hydrogen) atoms. The molecule has 3 rings (SSSR count). The van der Waals surface area contributed by atoms with Gasteiger partial charge in [-0.3, -0.25) is 4.79 Å². The van der Waals surface area contributed by atoms with E-state index in [9.17, 15) is 26.4 Å².